The lowest BCUT2D eigenvalue weighted by molar-refractivity contribution is -0.128. The van der Waals surface area contributed by atoms with Crippen molar-refractivity contribution in [3.8, 4) is 0 Å². The number of pyridine rings is 1. The summed E-state index contributed by atoms with van der Waals surface area (Å²) >= 11 is 8.00. The molecule has 1 saturated heterocycles. The number of aryl methyl sites for hydroxylation is 2. The summed E-state index contributed by atoms with van der Waals surface area (Å²) in [5.74, 6) is 0.679. The first kappa shape index (κ1) is 22.5. The van der Waals surface area contributed by atoms with Crippen molar-refractivity contribution in [3.05, 3.63) is 63.8 Å². The first-order valence-electron chi connectivity index (χ1n) is 11.8. The van der Waals surface area contributed by atoms with Gasteiger partial charge in [0, 0.05) is 52.9 Å². The van der Waals surface area contributed by atoms with E-state index in [1.54, 1.807) is 11.8 Å². The fourth-order valence-electron chi connectivity index (χ4n) is 5.02. The predicted octanol–water partition coefficient (Wildman–Crippen LogP) is 5.82. The molecule has 5 rings (SSSR count). The quantitative estimate of drug-likeness (QED) is 0.441. The largest absolute Gasteiger partial charge is 0.368 e. The summed E-state index contributed by atoms with van der Waals surface area (Å²) < 4.78 is 0. The summed E-state index contributed by atoms with van der Waals surface area (Å²) in [4.78, 5) is 23.7. The molecule has 0 bridgehead atoms. The van der Waals surface area contributed by atoms with Crippen LogP contribution in [0, 0.1) is 13.8 Å². The summed E-state index contributed by atoms with van der Waals surface area (Å²) in [5, 5.41) is 1.80. The number of carbonyl (C=O) groups is 1. The van der Waals surface area contributed by atoms with Crippen molar-refractivity contribution in [1.82, 2.24) is 9.88 Å². The summed E-state index contributed by atoms with van der Waals surface area (Å²) in [6, 6.07) is 12.4. The molecule has 6 heteroatoms. The van der Waals surface area contributed by atoms with E-state index in [9.17, 15) is 4.79 Å². The SMILES string of the molecule is Cc1cccc(N2CCN(C(=O)CSc3c4c(nc5ccc(Cl)cc35)CCCC4)CC2)c1C. The number of nitrogens with zero attached hydrogens (tertiary/aromatic N) is 3. The molecule has 2 heterocycles. The van der Waals surface area contributed by atoms with Gasteiger partial charge in [-0.05, 0) is 80.5 Å². The Morgan fingerprint density at radius 1 is 1.06 bits per heavy atom. The number of hydrogen-bond acceptors (Lipinski definition) is 4. The number of halogens is 1. The number of hydrogen-bond donors (Lipinski definition) is 0. The van der Waals surface area contributed by atoms with Gasteiger partial charge < -0.3 is 9.80 Å². The maximum absolute atomic E-state index is 13.2. The van der Waals surface area contributed by atoms with Crippen molar-refractivity contribution < 1.29 is 4.79 Å². The molecule has 2 aromatic carbocycles. The highest BCUT2D eigenvalue weighted by Crippen LogP contribution is 2.37. The molecule has 0 spiro atoms. The van der Waals surface area contributed by atoms with E-state index in [1.807, 2.05) is 23.1 Å². The smallest absolute Gasteiger partial charge is 0.233 e. The third kappa shape index (κ3) is 4.58. The highest BCUT2D eigenvalue weighted by molar-refractivity contribution is 8.00. The van der Waals surface area contributed by atoms with Crippen LogP contribution in [-0.4, -0.2) is 47.7 Å². The second kappa shape index (κ2) is 9.55. The van der Waals surface area contributed by atoms with E-state index in [1.165, 1.54) is 45.8 Å². The molecule has 1 amide bonds. The van der Waals surface area contributed by atoms with Crippen LogP contribution in [0.3, 0.4) is 0 Å². The van der Waals surface area contributed by atoms with Crippen molar-refractivity contribution in [2.75, 3.05) is 36.8 Å². The molecular formula is C27H30ClN3OS. The van der Waals surface area contributed by atoms with Crippen LogP contribution in [0.1, 0.15) is 35.2 Å². The summed E-state index contributed by atoms with van der Waals surface area (Å²) in [6.45, 7) is 7.64. The number of anilines is 1. The Morgan fingerprint density at radius 3 is 2.67 bits per heavy atom. The molecular weight excluding hydrogens is 450 g/mol. The minimum atomic E-state index is 0.220. The third-order valence-electron chi connectivity index (χ3n) is 7.06. The third-order valence-corrected chi connectivity index (χ3v) is 8.44. The van der Waals surface area contributed by atoms with Gasteiger partial charge in [0.2, 0.25) is 5.91 Å². The van der Waals surface area contributed by atoms with Crippen LogP contribution in [0.15, 0.2) is 41.3 Å². The number of aromatic nitrogens is 1. The lowest BCUT2D eigenvalue weighted by atomic mass is 9.94. The molecule has 4 nitrogen and oxygen atoms in total. The number of rotatable bonds is 4. The van der Waals surface area contributed by atoms with Gasteiger partial charge in [-0.2, -0.15) is 0 Å². The minimum absolute atomic E-state index is 0.220. The van der Waals surface area contributed by atoms with E-state index >= 15 is 0 Å². The van der Waals surface area contributed by atoms with Crippen LogP contribution >= 0.6 is 23.4 Å². The molecule has 1 aromatic heterocycles. The van der Waals surface area contributed by atoms with Crippen LogP contribution < -0.4 is 4.90 Å². The molecule has 0 radical (unpaired) electrons. The molecule has 0 N–H and O–H groups in total. The number of amides is 1. The van der Waals surface area contributed by atoms with E-state index in [4.69, 9.17) is 16.6 Å². The van der Waals surface area contributed by atoms with Crippen molar-refractivity contribution in [3.63, 3.8) is 0 Å². The fraction of sp³-hybridized carbons (Fsp3) is 0.407. The lowest BCUT2D eigenvalue weighted by Gasteiger charge is -2.37. The average molecular weight is 480 g/mol. The highest BCUT2D eigenvalue weighted by atomic mass is 35.5. The Hall–Kier alpha value is -2.24. The molecule has 0 atom stereocenters. The Bertz CT molecular complexity index is 1200. The summed E-state index contributed by atoms with van der Waals surface area (Å²) in [5.41, 5.74) is 7.46. The Labute approximate surface area is 205 Å². The van der Waals surface area contributed by atoms with Gasteiger partial charge in [0.25, 0.3) is 0 Å². The zero-order chi connectivity index (χ0) is 22.9. The number of benzene rings is 2. The number of piperazine rings is 1. The Morgan fingerprint density at radius 2 is 1.85 bits per heavy atom. The first-order chi connectivity index (χ1) is 16.0. The van der Waals surface area contributed by atoms with Crippen LogP contribution in [0.5, 0.6) is 0 Å². The van der Waals surface area contributed by atoms with Gasteiger partial charge in [0.1, 0.15) is 0 Å². The number of carbonyl (C=O) groups excluding carboxylic acids is 1. The van der Waals surface area contributed by atoms with Crippen LogP contribution in [0.25, 0.3) is 10.9 Å². The fourth-order valence-corrected chi connectivity index (χ4v) is 6.35. The van der Waals surface area contributed by atoms with Crippen LogP contribution in [0.4, 0.5) is 5.69 Å². The Kier molecular flexibility index (Phi) is 6.53. The molecule has 1 fully saturated rings. The normalized spacial score (nSPS) is 16.2. The van der Waals surface area contributed by atoms with Gasteiger partial charge in [-0.25, -0.2) is 0 Å². The minimum Gasteiger partial charge on any atom is -0.368 e. The average Bonchev–Trinajstić information content (AvgIpc) is 2.83. The molecule has 1 aliphatic carbocycles. The van der Waals surface area contributed by atoms with Gasteiger partial charge in [-0.3, -0.25) is 9.78 Å². The zero-order valence-electron chi connectivity index (χ0n) is 19.4. The van der Waals surface area contributed by atoms with Gasteiger partial charge in [-0.15, -0.1) is 11.8 Å². The van der Waals surface area contributed by atoms with E-state index in [2.05, 4.69) is 36.9 Å². The second-order valence-electron chi connectivity index (χ2n) is 9.11. The van der Waals surface area contributed by atoms with E-state index in [0.29, 0.717) is 5.75 Å². The predicted molar refractivity (Wildman–Crippen MR) is 139 cm³/mol. The second-order valence-corrected chi connectivity index (χ2v) is 10.5. The lowest BCUT2D eigenvalue weighted by Crippen LogP contribution is -2.49. The van der Waals surface area contributed by atoms with E-state index in [0.717, 1.165) is 54.9 Å². The molecule has 2 aliphatic rings. The molecule has 1 aliphatic heterocycles. The molecule has 3 aromatic rings. The van der Waals surface area contributed by atoms with E-state index < -0.39 is 0 Å². The van der Waals surface area contributed by atoms with Gasteiger partial charge in [-0.1, -0.05) is 23.7 Å². The number of thioether (sulfide) groups is 1. The number of fused-ring (bicyclic) bond motifs is 2. The zero-order valence-corrected chi connectivity index (χ0v) is 20.9. The van der Waals surface area contributed by atoms with Crippen molar-refractivity contribution in [2.45, 2.75) is 44.4 Å². The van der Waals surface area contributed by atoms with Crippen LogP contribution in [0.2, 0.25) is 5.02 Å². The van der Waals surface area contributed by atoms with Crippen molar-refractivity contribution in [2.24, 2.45) is 0 Å². The maximum Gasteiger partial charge on any atom is 0.233 e. The Balaban J connectivity index is 1.29. The molecule has 0 unspecified atom stereocenters. The van der Waals surface area contributed by atoms with Gasteiger partial charge >= 0.3 is 0 Å². The van der Waals surface area contributed by atoms with Gasteiger partial charge in [0.15, 0.2) is 0 Å². The molecule has 172 valence electrons. The van der Waals surface area contributed by atoms with Crippen LogP contribution in [-0.2, 0) is 17.6 Å². The first-order valence-corrected chi connectivity index (χ1v) is 13.2. The standard InChI is InChI=1S/C27H30ClN3OS/c1-18-6-5-9-25(19(18)2)30-12-14-31(15-13-30)26(32)17-33-27-21-7-3-4-8-23(21)29-24-11-10-20(28)16-22(24)27/h5-6,9-11,16H,3-4,7-8,12-15,17H2,1-2H3. The summed E-state index contributed by atoms with van der Waals surface area (Å²) in [7, 11) is 0. The maximum atomic E-state index is 13.2. The van der Waals surface area contributed by atoms with Gasteiger partial charge in [0.05, 0.1) is 11.3 Å². The summed E-state index contributed by atoms with van der Waals surface area (Å²) in [6.07, 6.45) is 4.43. The van der Waals surface area contributed by atoms with E-state index in [-0.39, 0.29) is 5.91 Å². The van der Waals surface area contributed by atoms with Crippen molar-refractivity contribution in [1.29, 1.82) is 0 Å². The molecule has 33 heavy (non-hydrogen) atoms. The van der Waals surface area contributed by atoms with Crippen molar-refractivity contribution >= 4 is 45.9 Å². The topological polar surface area (TPSA) is 36.4 Å². The highest BCUT2D eigenvalue weighted by Gasteiger charge is 2.24. The monoisotopic (exact) mass is 479 g/mol. The molecule has 0 saturated carbocycles.